The smallest absolute Gasteiger partial charge is 0.319 e. The number of hydrogen-bond donors (Lipinski definition) is 0. The van der Waals surface area contributed by atoms with Gasteiger partial charge in [0.2, 0.25) is 0 Å². The molecular formula is C19H26O3. The molecule has 0 spiro atoms. The van der Waals surface area contributed by atoms with E-state index >= 15 is 0 Å². The van der Waals surface area contributed by atoms with Gasteiger partial charge in [-0.15, -0.1) is 0 Å². The molecule has 0 aliphatic heterocycles. The van der Waals surface area contributed by atoms with Gasteiger partial charge >= 0.3 is 5.97 Å². The summed E-state index contributed by atoms with van der Waals surface area (Å²) < 4.78 is 4.93. The van der Waals surface area contributed by atoms with Crippen molar-refractivity contribution in [2.24, 2.45) is 10.8 Å². The van der Waals surface area contributed by atoms with E-state index < -0.39 is 5.41 Å². The standard InChI is InChI=1S/C19H26O3/c1-12-7-13(2)15(14(3)8-12)9-16(20)19(17(21)22-6)10-18(4,5)11-19/h7-8H,9-11H2,1-6H3. The van der Waals surface area contributed by atoms with Crippen LogP contribution < -0.4 is 0 Å². The highest BCUT2D eigenvalue weighted by molar-refractivity contribution is 6.06. The zero-order valence-corrected chi connectivity index (χ0v) is 14.5. The highest BCUT2D eigenvalue weighted by Crippen LogP contribution is 2.55. The molecule has 3 nitrogen and oxygen atoms in total. The van der Waals surface area contributed by atoms with E-state index in [1.165, 1.54) is 12.7 Å². The van der Waals surface area contributed by atoms with Gasteiger partial charge in [0.15, 0.2) is 5.78 Å². The fourth-order valence-corrected chi connectivity index (χ4v) is 4.05. The molecule has 2 rings (SSSR count). The van der Waals surface area contributed by atoms with Crippen molar-refractivity contribution in [2.75, 3.05) is 7.11 Å². The summed E-state index contributed by atoms with van der Waals surface area (Å²) in [6.07, 6.45) is 1.47. The fourth-order valence-electron chi connectivity index (χ4n) is 4.05. The van der Waals surface area contributed by atoms with Crippen LogP contribution in [0.2, 0.25) is 0 Å². The topological polar surface area (TPSA) is 43.4 Å². The van der Waals surface area contributed by atoms with Crippen molar-refractivity contribution < 1.29 is 14.3 Å². The Labute approximate surface area is 133 Å². The molecule has 120 valence electrons. The minimum absolute atomic E-state index is 0.00581. The summed E-state index contributed by atoms with van der Waals surface area (Å²) in [6, 6.07) is 4.18. The molecule has 0 amide bonds. The van der Waals surface area contributed by atoms with Gasteiger partial charge in [-0.2, -0.15) is 0 Å². The molecule has 1 aromatic carbocycles. The zero-order chi connectivity index (χ0) is 16.7. The van der Waals surface area contributed by atoms with Crippen LogP contribution >= 0.6 is 0 Å². The van der Waals surface area contributed by atoms with Crippen molar-refractivity contribution in [3.05, 3.63) is 34.4 Å². The molecule has 1 aromatic rings. The summed E-state index contributed by atoms with van der Waals surface area (Å²) in [5.41, 5.74) is 3.56. The van der Waals surface area contributed by atoms with Crippen LogP contribution in [-0.2, 0) is 20.7 Å². The molecule has 0 aromatic heterocycles. The van der Waals surface area contributed by atoms with Crippen molar-refractivity contribution in [3.8, 4) is 0 Å². The number of benzene rings is 1. The van der Waals surface area contributed by atoms with E-state index in [4.69, 9.17) is 4.74 Å². The Morgan fingerprint density at radius 3 is 2.00 bits per heavy atom. The van der Waals surface area contributed by atoms with Gasteiger partial charge in [-0.3, -0.25) is 9.59 Å². The molecule has 0 unspecified atom stereocenters. The zero-order valence-electron chi connectivity index (χ0n) is 14.5. The van der Waals surface area contributed by atoms with Crippen molar-refractivity contribution in [3.63, 3.8) is 0 Å². The molecule has 0 bridgehead atoms. The third-order valence-electron chi connectivity index (χ3n) is 4.85. The van der Waals surface area contributed by atoms with Crippen LogP contribution in [0.25, 0.3) is 0 Å². The summed E-state index contributed by atoms with van der Waals surface area (Å²) in [7, 11) is 1.37. The molecular weight excluding hydrogens is 276 g/mol. The molecule has 0 N–H and O–H groups in total. The van der Waals surface area contributed by atoms with E-state index in [1.54, 1.807) is 0 Å². The number of ketones is 1. The van der Waals surface area contributed by atoms with Gasteiger partial charge in [-0.05, 0) is 55.7 Å². The van der Waals surface area contributed by atoms with Gasteiger partial charge in [0, 0.05) is 6.42 Å². The summed E-state index contributed by atoms with van der Waals surface area (Å²) in [5.74, 6) is -0.382. The Hall–Kier alpha value is -1.64. The molecule has 1 aliphatic carbocycles. The molecule has 1 aliphatic rings. The maximum absolute atomic E-state index is 12.9. The minimum Gasteiger partial charge on any atom is -0.468 e. The number of methoxy groups -OCH3 is 1. The largest absolute Gasteiger partial charge is 0.468 e. The predicted molar refractivity (Wildman–Crippen MR) is 86.8 cm³/mol. The number of Topliss-reactive ketones (excluding diaryl/α,β-unsaturated/α-hetero) is 1. The maximum atomic E-state index is 12.9. The monoisotopic (exact) mass is 302 g/mol. The van der Waals surface area contributed by atoms with Crippen LogP contribution in [0.1, 0.15) is 48.9 Å². The van der Waals surface area contributed by atoms with Gasteiger partial charge in [-0.1, -0.05) is 31.5 Å². The number of ether oxygens (including phenoxy) is 1. The van der Waals surface area contributed by atoms with Crippen LogP contribution in [0.5, 0.6) is 0 Å². The molecule has 1 fully saturated rings. The molecule has 0 atom stereocenters. The molecule has 1 saturated carbocycles. The average Bonchev–Trinajstić information content (AvgIpc) is 2.38. The quantitative estimate of drug-likeness (QED) is 0.629. The van der Waals surface area contributed by atoms with Crippen LogP contribution in [0.4, 0.5) is 0 Å². The lowest BCUT2D eigenvalue weighted by Crippen LogP contribution is -2.54. The second-order valence-corrected chi connectivity index (χ2v) is 7.57. The Kier molecular flexibility index (Phi) is 4.20. The van der Waals surface area contributed by atoms with Crippen molar-refractivity contribution in [1.29, 1.82) is 0 Å². The number of aryl methyl sites for hydroxylation is 3. The van der Waals surface area contributed by atoms with E-state index in [0.29, 0.717) is 19.3 Å². The molecule has 3 heteroatoms. The van der Waals surface area contributed by atoms with Crippen LogP contribution in [0.15, 0.2) is 12.1 Å². The molecule has 0 saturated heterocycles. The summed E-state index contributed by atoms with van der Waals surface area (Å²) >= 11 is 0. The lowest BCUT2D eigenvalue weighted by molar-refractivity contribution is -0.173. The van der Waals surface area contributed by atoms with Gasteiger partial charge in [0.05, 0.1) is 7.11 Å². The first-order valence-corrected chi connectivity index (χ1v) is 7.80. The van der Waals surface area contributed by atoms with Crippen LogP contribution in [0.3, 0.4) is 0 Å². The summed E-state index contributed by atoms with van der Waals surface area (Å²) in [5, 5.41) is 0. The van der Waals surface area contributed by atoms with E-state index in [9.17, 15) is 9.59 Å². The Balaban J connectivity index is 2.29. The molecule has 0 heterocycles. The maximum Gasteiger partial charge on any atom is 0.319 e. The number of rotatable bonds is 4. The van der Waals surface area contributed by atoms with Gasteiger partial charge in [-0.25, -0.2) is 0 Å². The Bertz CT molecular complexity index is 595. The lowest BCUT2D eigenvalue weighted by Gasteiger charge is -2.49. The van der Waals surface area contributed by atoms with Crippen LogP contribution in [0, 0.1) is 31.6 Å². The first kappa shape index (κ1) is 16.7. The average molecular weight is 302 g/mol. The molecule has 22 heavy (non-hydrogen) atoms. The van der Waals surface area contributed by atoms with Crippen LogP contribution in [-0.4, -0.2) is 18.9 Å². The molecule has 0 radical (unpaired) electrons. The highest BCUT2D eigenvalue weighted by Gasteiger charge is 2.59. The minimum atomic E-state index is -0.942. The highest BCUT2D eigenvalue weighted by atomic mass is 16.5. The number of carbonyl (C=O) groups excluding carboxylic acids is 2. The number of hydrogen-bond acceptors (Lipinski definition) is 3. The summed E-state index contributed by atoms with van der Waals surface area (Å²) in [6.45, 7) is 10.3. The van der Waals surface area contributed by atoms with E-state index in [0.717, 1.165) is 16.7 Å². The van der Waals surface area contributed by atoms with E-state index in [2.05, 4.69) is 32.9 Å². The van der Waals surface area contributed by atoms with Gasteiger partial charge in [0.1, 0.15) is 5.41 Å². The lowest BCUT2D eigenvalue weighted by atomic mass is 9.52. The fraction of sp³-hybridized carbons (Fsp3) is 0.579. The van der Waals surface area contributed by atoms with Crippen molar-refractivity contribution >= 4 is 11.8 Å². The third kappa shape index (κ3) is 2.81. The SMILES string of the molecule is COC(=O)C1(C(=O)Cc2c(C)cc(C)cc2C)CC(C)(C)C1. The first-order valence-electron chi connectivity index (χ1n) is 7.80. The van der Waals surface area contributed by atoms with E-state index in [-0.39, 0.29) is 17.2 Å². The Morgan fingerprint density at radius 1 is 1.09 bits per heavy atom. The van der Waals surface area contributed by atoms with E-state index in [1.807, 2.05) is 13.8 Å². The summed E-state index contributed by atoms with van der Waals surface area (Å²) in [4.78, 5) is 25.1. The third-order valence-corrected chi connectivity index (χ3v) is 4.85. The predicted octanol–water partition coefficient (Wildman–Crippen LogP) is 3.70. The first-order chi connectivity index (χ1) is 10.1. The van der Waals surface area contributed by atoms with Gasteiger partial charge < -0.3 is 4.74 Å². The van der Waals surface area contributed by atoms with Crippen molar-refractivity contribution in [2.45, 2.75) is 53.9 Å². The number of esters is 1. The van der Waals surface area contributed by atoms with Crippen molar-refractivity contribution in [1.82, 2.24) is 0 Å². The Morgan fingerprint density at radius 2 is 1.59 bits per heavy atom. The second-order valence-electron chi connectivity index (χ2n) is 7.57. The second kappa shape index (κ2) is 5.53. The number of carbonyl (C=O) groups is 2. The normalized spacial score (nSPS) is 18.5. The van der Waals surface area contributed by atoms with Gasteiger partial charge in [0.25, 0.3) is 0 Å².